The van der Waals surface area contributed by atoms with E-state index in [1.807, 2.05) is 7.05 Å². The zero-order valence-corrected chi connectivity index (χ0v) is 20.6. The highest BCUT2D eigenvalue weighted by Gasteiger charge is 2.41. The van der Waals surface area contributed by atoms with Crippen molar-refractivity contribution in [2.75, 3.05) is 57.9 Å². The van der Waals surface area contributed by atoms with E-state index in [1.54, 1.807) is 0 Å². The topological polar surface area (TPSA) is 48.9 Å². The van der Waals surface area contributed by atoms with Gasteiger partial charge in [-0.15, -0.1) is 24.0 Å². The van der Waals surface area contributed by atoms with Crippen molar-refractivity contribution < 1.29 is 4.74 Å². The highest BCUT2D eigenvalue weighted by Crippen LogP contribution is 2.43. The zero-order valence-electron chi connectivity index (χ0n) is 17.5. The van der Waals surface area contributed by atoms with Gasteiger partial charge in [0.2, 0.25) is 0 Å². The Hall–Kier alpha value is -0.510. The van der Waals surface area contributed by atoms with Gasteiger partial charge in [-0.3, -0.25) is 9.89 Å². The summed E-state index contributed by atoms with van der Waals surface area (Å²) in [7, 11) is 1.89. The Morgan fingerprint density at radius 1 is 1.10 bits per heavy atom. The molecule has 2 aliphatic heterocycles. The molecule has 2 saturated heterocycles. The van der Waals surface area contributed by atoms with Gasteiger partial charge in [0, 0.05) is 49.9 Å². The summed E-state index contributed by atoms with van der Waals surface area (Å²) in [6.45, 7) is 5.72. The number of hydrogen-bond donors (Lipinski definition) is 2. The maximum atomic E-state index is 5.58. The number of guanidine groups is 1. The normalized spacial score (nSPS) is 27.0. The van der Waals surface area contributed by atoms with Gasteiger partial charge in [-0.2, -0.15) is 11.8 Å². The third kappa shape index (κ3) is 5.22. The Morgan fingerprint density at radius 2 is 1.83 bits per heavy atom. The van der Waals surface area contributed by atoms with E-state index < -0.39 is 0 Å². The summed E-state index contributed by atoms with van der Waals surface area (Å²) in [6.07, 6.45) is 5.08. The SMILES string of the molecule is CN=C(NCC1(c2ccccc2)CCC1)NCC1(N2CCOCC2)CCSC1.I. The summed E-state index contributed by atoms with van der Waals surface area (Å²) in [5, 5.41) is 7.31. The number of rotatable bonds is 6. The number of thioether (sulfide) groups is 1. The highest BCUT2D eigenvalue weighted by molar-refractivity contribution is 14.0. The third-order valence-electron chi connectivity index (χ3n) is 6.86. The Balaban J connectivity index is 0.00000240. The molecule has 0 amide bonds. The first kappa shape index (κ1) is 23.2. The lowest BCUT2D eigenvalue weighted by Gasteiger charge is -2.44. The van der Waals surface area contributed by atoms with Crippen molar-refractivity contribution in [1.29, 1.82) is 0 Å². The van der Waals surface area contributed by atoms with Crippen LogP contribution in [0.4, 0.5) is 0 Å². The van der Waals surface area contributed by atoms with Crippen LogP contribution in [-0.4, -0.2) is 74.3 Å². The summed E-state index contributed by atoms with van der Waals surface area (Å²) < 4.78 is 5.58. The number of nitrogens with one attached hydrogen (secondary N) is 2. The van der Waals surface area contributed by atoms with E-state index in [2.05, 4.69) is 62.6 Å². The van der Waals surface area contributed by atoms with E-state index >= 15 is 0 Å². The van der Waals surface area contributed by atoms with Crippen LogP contribution in [0, 0.1) is 0 Å². The minimum Gasteiger partial charge on any atom is -0.379 e. The summed E-state index contributed by atoms with van der Waals surface area (Å²) in [6, 6.07) is 11.0. The smallest absolute Gasteiger partial charge is 0.191 e. The first-order valence-electron chi connectivity index (χ1n) is 10.7. The molecule has 1 aromatic rings. The van der Waals surface area contributed by atoms with Gasteiger partial charge in [0.25, 0.3) is 0 Å². The number of halogens is 1. The largest absolute Gasteiger partial charge is 0.379 e. The molecule has 2 N–H and O–H groups in total. The van der Waals surface area contributed by atoms with Crippen LogP contribution in [0.1, 0.15) is 31.2 Å². The van der Waals surface area contributed by atoms with E-state index in [1.165, 1.54) is 42.8 Å². The molecule has 7 heteroatoms. The molecule has 1 saturated carbocycles. The van der Waals surface area contributed by atoms with E-state index in [4.69, 9.17) is 4.74 Å². The van der Waals surface area contributed by atoms with Gasteiger partial charge < -0.3 is 15.4 Å². The second kappa shape index (κ2) is 10.7. The molecule has 29 heavy (non-hydrogen) atoms. The van der Waals surface area contributed by atoms with Gasteiger partial charge in [-0.1, -0.05) is 36.8 Å². The van der Waals surface area contributed by atoms with Gasteiger partial charge in [-0.05, 0) is 30.6 Å². The van der Waals surface area contributed by atoms with E-state index in [-0.39, 0.29) is 34.9 Å². The predicted octanol–water partition coefficient (Wildman–Crippen LogP) is 3.10. The number of hydrogen-bond acceptors (Lipinski definition) is 4. The molecule has 0 bridgehead atoms. The fourth-order valence-corrected chi connectivity index (χ4v) is 6.30. The second-order valence-corrected chi connectivity index (χ2v) is 9.51. The van der Waals surface area contributed by atoms with Crippen LogP contribution < -0.4 is 10.6 Å². The van der Waals surface area contributed by atoms with Crippen LogP contribution in [0.15, 0.2) is 35.3 Å². The van der Waals surface area contributed by atoms with Crippen LogP contribution in [0.5, 0.6) is 0 Å². The average molecular weight is 531 g/mol. The molecule has 1 aromatic carbocycles. The summed E-state index contributed by atoms with van der Waals surface area (Å²) in [5.74, 6) is 3.39. The van der Waals surface area contributed by atoms with E-state index in [0.717, 1.165) is 45.4 Å². The number of ether oxygens (including phenoxy) is 1. The molecule has 4 rings (SSSR count). The monoisotopic (exact) mass is 530 g/mol. The molecule has 1 aliphatic carbocycles. The first-order chi connectivity index (χ1) is 13.8. The number of morpholine rings is 1. The molecule has 3 fully saturated rings. The molecule has 3 aliphatic rings. The maximum absolute atomic E-state index is 5.58. The molecular weight excluding hydrogens is 495 g/mol. The van der Waals surface area contributed by atoms with Gasteiger partial charge in [0.1, 0.15) is 0 Å². The van der Waals surface area contributed by atoms with Crippen molar-refractivity contribution in [1.82, 2.24) is 15.5 Å². The highest BCUT2D eigenvalue weighted by atomic mass is 127. The lowest BCUT2D eigenvalue weighted by atomic mass is 9.64. The first-order valence-corrected chi connectivity index (χ1v) is 11.8. The minimum atomic E-state index is 0. The lowest BCUT2D eigenvalue weighted by Crippen LogP contribution is -2.60. The second-order valence-electron chi connectivity index (χ2n) is 8.41. The number of nitrogens with zero attached hydrogens (tertiary/aromatic N) is 2. The zero-order chi connectivity index (χ0) is 19.3. The van der Waals surface area contributed by atoms with Crippen LogP contribution >= 0.6 is 35.7 Å². The molecule has 0 aromatic heterocycles. The van der Waals surface area contributed by atoms with E-state index in [0.29, 0.717) is 0 Å². The molecule has 162 valence electrons. The van der Waals surface area contributed by atoms with Crippen LogP contribution in [0.3, 0.4) is 0 Å². The van der Waals surface area contributed by atoms with Crippen molar-refractivity contribution in [3.8, 4) is 0 Å². The van der Waals surface area contributed by atoms with E-state index in [9.17, 15) is 0 Å². The Morgan fingerprint density at radius 3 is 2.41 bits per heavy atom. The average Bonchev–Trinajstić information content (AvgIpc) is 3.21. The summed E-state index contributed by atoms with van der Waals surface area (Å²) in [4.78, 5) is 7.17. The minimum absolute atomic E-state index is 0. The van der Waals surface area contributed by atoms with Crippen molar-refractivity contribution in [2.45, 2.75) is 36.6 Å². The van der Waals surface area contributed by atoms with Crippen molar-refractivity contribution in [3.63, 3.8) is 0 Å². The fourth-order valence-electron chi connectivity index (χ4n) is 4.82. The van der Waals surface area contributed by atoms with Gasteiger partial charge >= 0.3 is 0 Å². The predicted molar refractivity (Wildman–Crippen MR) is 134 cm³/mol. The van der Waals surface area contributed by atoms with Crippen molar-refractivity contribution in [2.24, 2.45) is 4.99 Å². The van der Waals surface area contributed by atoms with Crippen LogP contribution in [-0.2, 0) is 10.2 Å². The standard InChI is InChI=1S/C22H34N4OS.HI/c1-23-20(24-16-21(8-5-9-21)19-6-3-2-4-7-19)25-17-22(10-15-28-18-22)26-11-13-27-14-12-26;/h2-4,6-7H,5,8-18H2,1H3,(H2,23,24,25);1H. The quantitative estimate of drug-likeness (QED) is 0.337. The molecule has 1 atom stereocenters. The van der Waals surface area contributed by atoms with Crippen molar-refractivity contribution in [3.05, 3.63) is 35.9 Å². The molecule has 2 heterocycles. The van der Waals surface area contributed by atoms with Crippen LogP contribution in [0.2, 0.25) is 0 Å². The number of benzene rings is 1. The third-order valence-corrected chi connectivity index (χ3v) is 8.10. The lowest BCUT2D eigenvalue weighted by molar-refractivity contribution is -0.0120. The molecule has 0 radical (unpaired) electrons. The van der Waals surface area contributed by atoms with Crippen molar-refractivity contribution >= 4 is 41.7 Å². The fraction of sp³-hybridized carbons (Fsp3) is 0.682. The van der Waals surface area contributed by atoms with Gasteiger partial charge in [0.15, 0.2) is 5.96 Å². The molecule has 5 nitrogen and oxygen atoms in total. The van der Waals surface area contributed by atoms with Gasteiger partial charge in [-0.25, -0.2) is 0 Å². The Labute approximate surface area is 196 Å². The Kier molecular flexibility index (Phi) is 8.53. The maximum Gasteiger partial charge on any atom is 0.191 e. The molecular formula is C22H35IN4OS. The Bertz CT molecular complexity index is 656. The van der Waals surface area contributed by atoms with Gasteiger partial charge in [0.05, 0.1) is 13.2 Å². The number of aliphatic imine (C=N–C) groups is 1. The van der Waals surface area contributed by atoms with Crippen LogP contribution in [0.25, 0.3) is 0 Å². The summed E-state index contributed by atoms with van der Waals surface area (Å²) in [5.41, 5.74) is 1.96. The summed E-state index contributed by atoms with van der Waals surface area (Å²) >= 11 is 2.08. The molecule has 1 unspecified atom stereocenters. The molecule has 0 spiro atoms.